The van der Waals surface area contributed by atoms with E-state index in [4.69, 9.17) is 4.74 Å². The summed E-state index contributed by atoms with van der Waals surface area (Å²) in [4.78, 5) is 23.8. The van der Waals surface area contributed by atoms with Crippen LogP contribution in [0.4, 0.5) is 0 Å². The number of ether oxygens (including phenoxy) is 1. The predicted octanol–water partition coefficient (Wildman–Crippen LogP) is 4.29. The maximum absolute atomic E-state index is 12.3. The van der Waals surface area contributed by atoms with E-state index in [1.165, 1.54) is 5.57 Å². The summed E-state index contributed by atoms with van der Waals surface area (Å²) in [7, 11) is 0. The number of hydrogen-bond donors (Lipinski definition) is 0. The lowest BCUT2D eigenvalue weighted by Crippen LogP contribution is -2.28. The van der Waals surface area contributed by atoms with Crippen LogP contribution in [0.1, 0.15) is 59.8 Å². The first-order valence-electron chi connectivity index (χ1n) is 8.11. The second-order valence-electron chi connectivity index (χ2n) is 6.86. The average Bonchev–Trinajstić information content (AvgIpc) is 2.79. The number of ketones is 1. The Kier molecular flexibility index (Phi) is 5.05. The normalized spacial score (nSPS) is 24.8. The van der Waals surface area contributed by atoms with Crippen LogP contribution in [0.15, 0.2) is 34.9 Å². The van der Waals surface area contributed by atoms with Crippen LogP contribution < -0.4 is 0 Å². The molecule has 120 valence electrons. The molecule has 2 rings (SSSR count). The molecule has 2 aliphatic rings. The Bertz CT molecular complexity index is 561. The molecular formula is C19H26O3. The van der Waals surface area contributed by atoms with Crippen molar-refractivity contribution in [1.82, 2.24) is 0 Å². The second-order valence-corrected chi connectivity index (χ2v) is 6.86. The van der Waals surface area contributed by atoms with Gasteiger partial charge in [0.15, 0.2) is 5.78 Å². The molecule has 22 heavy (non-hydrogen) atoms. The molecule has 3 nitrogen and oxygen atoms in total. The molecule has 0 saturated carbocycles. The van der Waals surface area contributed by atoms with E-state index in [9.17, 15) is 9.59 Å². The Labute approximate surface area is 133 Å². The summed E-state index contributed by atoms with van der Waals surface area (Å²) in [5, 5.41) is 0. The van der Waals surface area contributed by atoms with Gasteiger partial charge in [0.25, 0.3) is 0 Å². The quantitative estimate of drug-likeness (QED) is 0.574. The summed E-state index contributed by atoms with van der Waals surface area (Å²) < 4.78 is 5.65. The first kappa shape index (κ1) is 16.7. The number of hydrogen-bond acceptors (Lipinski definition) is 3. The van der Waals surface area contributed by atoms with Gasteiger partial charge in [0.1, 0.15) is 6.10 Å². The van der Waals surface area contributed by atoms with Crippen molar-refractivity contribution in [3.63, 3.8) is 0 Å². The van der Waals surface area contributed by atoms with E-state index in [1.54, 1.807) is 6.92 Å². The molecule has 0 spiro atoms. The fraction of sp³-hybridized carbons (Fsp3) is 0.579. The number of carbonyl (C=O) groups is 2. The van der Waals surface area contributed by atoms with Crippen LogP contribution in [0, 0.1) is 5.41 Å². The summed E-state index contributed by atoms with van der Waals surface area (Å²) >= 11 is 0. The lowest BCUT2D eigenvalue weighted by molar-refractivity contribution is -0.143. The van der Waals surface area contributed by atoms with Crippen LogP contribution in [-0.4, -0.2) is 17.9 Å². The molecule has 2 aliphatic carbocycles. The van der Waals surface area contributed by atoms with Gasteiger partial charge >= 0.3 is 5.97 Å². The highest BCUT2D eigenvalue weighted by atomic mass is 16.5. The fourth-order valence-corrected chi connectivity index (χ4v) is 3.12. The van der Waals surface area contributed by atoms with Gasteiger partial charge in [0, 0.05) is 17.6 Å². The van der Waals surface area contributed by atoms with Gasteiger partial charge < -0.3 is 4.74 Å². The Morgan fingerprint density at radius 1 is 1.41 bits per heavy atom. The van der Waals surface area contributed by atoms with Crippen molar-refractivity contribution in [3.05, 3.63) is 34.9 Å². The molecular weight excluding hydrogens is 276 g/mol. The highest BCUT2D eigenvalue weighted by Gasteiger charge is 2.32. The molecule has 0 aromatic heterocycles. The van der Waals surface area contributed by atoms with E-state index in [0.29, 0.717) is 24.0 Å². The minimum absolute atomic E-state index is 0.0704. The lowest BCUT2D eigenvalue weighted by Gasteiger charge is -2.34. The monoisotopic (exact) mass is 302 g/mol. The molecule has 0 aromatic rings. The largest absolute Gasteiger partial charge is 0.455 e. The summed E-state index contributed by atoms with van der Waals surface area (Å²) in [5.74, 6) is -0.240. The molecule has 0 bridgehead atoms. The van der Waals surface area contributed by atoms with E-state index in [-0.39, 0.29) is 23.3 Å². The van der Waals surface area contributed by atoms with Gasteiger partial charge in [-0.3, -0.25) is 4.79 Å². The Morgan fingerprint density at radius 3 is 2.73 bits per heavy atom. The summed E-state index contributed by atoms with van der Waals surface area (Å²) in [6.07, 6.45) is 9.84. The van der Waals surface area contributed by atoms with Crippen molar-refractivity contribution < 1.29 is 14.3 Å². The van der Waals surface area contributed by atoms with Gasteiger partial charge in [-0.1, -0.05) is 31.6 Å². The molecule has 3 heteroatoms. The Balaban J connectivity index is 2.10. The predicted molar refractivity (Wildman–Crippen MR) is 87.4 cm³/mol. The van der Waals surface area contributed by atoms with Crippen molar-refractivity contribution in [1.29, 1.82) is 0 Å². The molecule has 0 radical (unpaired) electrons. The number of esters is 1. The SMILES string of the molecule is C/C=C/CC1=CC(OC(=O)C2=C(C)C(=O)CC2)CCC1(C)C. The van der Waals surface area contributed by atoms with Crippen molar-refractivity contribution >= 4 is 11.8 Å². The molecule has 0 heterocycles. The van der Waals surface area contributed by atoms with E-state index in [1.807, 2.05) is 13.0 Å². The van der Waals surface area contributed by atoms with Gasteiger partial charge in [0.05, 0.1) is 0 Å². The number of rotatable bonds is 4. The number of carbonyl (C=O) groups excluding carboxylic acids is 2. The number of Topliss-reactive ketones (excluding diaryl/α,β-unsaturated/α-hetero) is 1. The van der Waals surface area contributed by atoms with E-state index < -0.39 is 0 Å². The molecule has 0 aromatic carbocycles. The third-order valence-electron chi connectivity index (χ3n) is 4.86. The fourth-order valence-electron chi connectivity index (χ4n) is 3.12. The first-order chi connectivity index (χ1) is 10.3. The lowest BCUT2D eigenvalue weighted by atomic mass is 9.73. The topological polar surface area (TPSA) is 43.4 Å². The van der Waals surface area contributed by atoms with Gasteiger partial charge in [-0.05, 0) is 51.0 Å². The Morgan fingerprint density at radius 2 is 2.14 bits per heavy atom. The highest BCUT2D eigenvalue weighted by Crippen LogP contribution is 2.39. The molecule has 0 N–H and O–H groups in total. The maximum atomic E-state index is 12.3. The molecule has 0 fully saturated rings. The summed E-state index contributed by atoms with van der Waals surface area (Å²) in [5.41, 5.74) is 2.63. The highest BCUT2D eigenvalue weighted by molar-refractivity contribution is 6.07. The van der Waals surface area contributed by atoms with Gasteiger partial charge in [-0.2, -0.15) is 0 Å². The zero-order valence-electron chi connectivity index (χ0n) is 14.1. The summed E-state index contributed by atoms with van der Waals surface area (Å²) in [6.45, 7) is 8.22. The van der Waals surface area contributed by atoms with Crippen LogP contribution in [-0.2, 0) is 14.3 Å². The van der Waals surface area contributed by atoms with Crippen LogP contribution in [0.5, 0.6) is 0 Å². The third-order valence-corrected chi connectivity index (χ3v) is 4.86. The smallest absolute Gasteiger partial charge is 0.335 e. The molecule has 0 aliphatic heterocycles. The zero-order chi connectivity index (χ0) is 16.3. The summed E-state index contributed by atoms with van der Waals surface area (Å²) in [6, 6.07) is 0. The van der Waals surface area contributed by atoms with Gasteiger partial charge in [-0.15, -0.1) is 0 Å². The Hall–Kier alpha value is -1.64. The van der Waals surface area contributed by atoms with Crippen molar-refractivity contribution in [2.45, 2.75) is 65.9 Å². The molecule has 1 unspecified atom stereocenters. The van der Waals surface area contributed by atoms with Crippen molar-refractivity contribution in [3.8, 4) is 0 Å². The average molecular weight is 302 g/mol. The van der Waals surface area contributed by atoms with Crippen LogP contribution >= 0.6 is 0 Å². The van der Waals surface area contributed by atoms with Crippen molar-refractivity contribution in [2.75, 3.05) is 0 Å². The van der Waals surface area contributed by atoms with Crippen LogP contribution in [0.3, 0.4) is 0 Å². The molecule has 0 amide bonds. The number of allylic oxidation sites excluding steroid dienone is 4. The standard InChI is InChI=1S/C19H26O3/c1-5-6-7-14-12-15(10-11-19(14,3)4)22-18(21)16-8-9-17(20)13(16)2/h5-6,12,15H,7-11H2,1-4H3/b6-5+. The van der Waals surface area contributed by atoms with Crippen LogP contribution in [0.2, 0.25) is 0 Å². The molecule has 1 atom stereocenters. The van der Waals surface area contributed by atoms with Gasteiger partial charge in [0.2, 0.25) is 0 Å². The van der Waals surface area contributed by atoms with Crippen molar-refractivity contribution in [2.24, 2.45) is 5.41 Å². The first-order valence-corrected chi connectivity index (χ1v) is 8.11. The molecule has 0 saturated heterocycles. The van der Waals surface area contributed by atoms with E-state index in [0.717, 1.165) is 19.3 Å². The minimum Gasteiger partial charge on any atom is -0.455 e. The minimum atomic E-state index is -0.310. The third kappa shape index (κ3) is 3.57. The van der Waals surface area contributed by atoms with Gasteiger partial charge in [-0.25, -0.2) is 4.79 Å². The van der Waals surface area contributed by atoms with E-state index >= 15 is 0 Å². The maximum Gasteiger partial charge on any atom is 0.335 e. The van der Waals surface area contributed by atoms with Crippen LogP contribution in [0.25, 0.3) is 0 Å². The van der Waals surface area contributed by atoms with E-state index in [2.05, 4.69) is 26.0 Å². The second kappa shape index (κ2) is 6.64. The zero-order valence-corrected chi connectivity index (χ0v) is 14.1.